The van der Waals surface area contributed by atoms with Crippen molar-refractivity contribution < 1.29 is 23.7 Å². The lowest BCUT2D eigenvalue weighted by Crippen LogP contribution is -2.64. The van der Waals surface area contributed by atoms with Gasteiger partial charge in [-0.1, -0.05) is 65.8 Å². The van der Waals surface area contributed by atoms with Crippen LogP contribution in [-0.2, 0) is 37.0 Å². The molecule has 1 N–H and O–H groups in total. The zero-order valence-electron chi connectivity index (χ0n) is 18.2. The van der Waals surface area contributed by atoms with Gasteiger partial charge >= 0.3 is 0 Å². The third-order valence-electron chi connectivity index (χ3n) is 5.14. The van der Waals surface area contributed by atoms with Crippen LogP contribution in [0.2, 0.25) is 0 Å². The van der Waals surface area contributed by atoms with Crippen LogP contribution in [0.4, 0.5) is 0 Å². The second-order valence-electron chi connectivity index (χ2n) is 7.46. The van der Waals surface area contributed by atoms with Gasteiger partial charge in [0.25, 0.3) is 0 Å². The van der Waals surface area contributed by atoms with Crippen molar-refractivity contribution in [1.29, 1.82) is 0 Å². The van der Waals surface area contributed by atoms with Crippen molar-refractivity contribution in [2.45, 2.75) is 50.7 Å². The van der Waals surface area contributed by atoms with Crippen molar-refractivity contribution in [2.24, 2.45) is 5.11 Å². The summed E-state index contributed by atoms with van der Waals surface area (Å²) in [5.41, 5.74) is 11.2. The lowest BCUT2D eigenvalue weighted by molar-refractivity contribution is -0.245. The summed E-state index contributed by atoms with van der Waals surface area (Å²) in [7, 11) is 1.49. The number of rotatable bonds is 10. The highest BCUT2D eigenvalue weighted by atomic mass is 16.7. The van der Waals surface area contributed by atoms with Gasteiger partial charge in [-0.25, -0.2) is 0 Å². The lowest BCUT2D eigenvalue weighted by Gasteiger charge is -2.44. The predicted molar refractivity (Wildman–Crippen MR) is 117 cm³/mol. The van der Waals surface area contributed by atoms with Crippen LogP contribution < -0.4 is 5.32 Å². The molecule has 1 amide bonds. The van der Waals surface area contributed by atoms with E-state index in [0.717, 1.165) is 11.1 Å². The van der Waals surface area contributed by atoms with Gasteiger partial charge in [-0.15, -0.1) is 0 Å². The summed E-state index contributed by atoms with van der Waals surface area (Å²) in [6.07, 6.45) is -2.10. The minimum atomic E-state index is -0.796. The first-order chi connectivity index (χ1) is 15.6. The smallest absolute Gasteiger partial charge is 0.217 e. The second kappa shape index (κ2) is 12.2. The molecule has 0 aromatic heterocycles. The number of carbonyl (C=O) groups excluding carboxylic acids is 1. The average Bonchev–Trinajstić information content (AvgIpc) is 2.81. The van der Waals surface area contributed by atoms with E-state index in [1.54, 1.807) is 0 Å². The van der Waals surface area contributed by atoms with E-state index in [2.05, 4.69) is 15.3 Å². The minimum absolute atomic E-state index is 0.163. The Balaban J connectivity index is 1.78. The summed E-state index contributed by atoms with van der Waals surface area (Å²) in [4.78, 5) is 14.9. The van der Waals surface area contributed by atoms with E-state index >= 15 is 0 Å². The van der Waals surface area contributed by atoms with E-state index in [0.29, 0.717) is 6.61 Å². The van der Waals surface area contributed by atoms with Gasteiger partial charge in [-0.2, -0.15) is 0 Å². The minimum Gasteiger partial charge on any atom is -0.374 e. The maximum atomic E-state index is 11.9. The van der Waals surface area contributed by atoms with Crippen molar-refractivity contribution in [1.82, 2.24) is 5.32 Å². The van der Waals surface area contributed by atoms with E-state index in [4.69, 9.17) is 18.9 Å². The van der Waals surface area contributed by atoms with Gasteiger partial charge in [0.05, 0.1) is 38.1 Å². The highest BCUT2D eigenvalue weighted by molar-refractivity contribution is 5.73. The zero-order valence-corrected chi connectivity index (χ0v) is 18.2. The Bertz CT molecular complexity index is 892. The molecule has 2 aromatic carbocycles. The standard InChI is InChI=1S/C23H28N4O5/c1-16(28)25-21-22(31-14-18-11-7-4-8-12-18)20(26-27-24)19(32-23(21)29-2)15-30-13-17-9-5-3-6-10-17/h3-12,19-23H,13-15H2,1-2H3,(H,25,28)/t19-,20-,21-,22+,23-/m1/s1. The number of hydrogen-bond donors (Lipinski definition) is 1. The number of ether oxygens (including phenoxy) is 4. The molecular formula is C23H28N4O5. The van der Waals surface area contributed by atoms with Gasteiger partial charge in [0.15, 0.2) is 6.29 Å². The highest BCUT2D eigenvalue weighted by Crippen LogP contribution is 2.28. The fourth-order valence-corrected chi connectivity index (χ4v) is 3.68. The van der Waals surface area contributed by atoms with E-state index in [-0.39, 0.29) is 19.1 Å². The maximum Gasteiger partial charge on any atom is 0.217 e. The summed E-state index contributed by atoms with van der Waals surface area (Å²) >= 11 is 0. The van der Waals surface area contributed by atoms with Crippen LogP contribution in [0.5, 0.6) is 0 Å². The van der Waals surface area contributed by atoms with Gasteiger partial charge in [-0.3, -0.25) is 4.79 Å². The molecule has 9 nitrogen and oxygen atoms in total. The SMILES string of the molecule is CO[C@@H]1O[C@H](COCc2ccccc2)[C@@H](N=[N+]=[N-])[C@H](OCc2ccccc2)[C@H]1NC(C)=O. The molecule has 2 aromatic rings. The fraction of sp³-hybridized carbons (Fsp3) is 0.435. The molecular weight excluding hydrogens is 412 g/mol. The normalized spacial score (nSPS) is 25.0. The van der Waals surface area contributed by atoms with Crippen molar-refractivity contribution in [2.75, 3.05) is 13.7 Å². The number of methoxy groups -OCH3 is 1. The summed E-state index contributed by atoms with van der Waals surface area (Å²) in [6.45, 7) is 2.22. The average molecular weight is 441 g/mol. The monoisotopic (exact) mass is 440 g/mol. The summed E-state index contributed by atoms with van der Waals surface area (Å²) in [6, 6.07) is 17.9. The molecule has 1 heterocycles. The molecule has 9 heteroatoms. The largest absolute Gasteiger partial charge is 0.374 e. The number of nitrogens with zero attached hydrogens (tertiary/aromatic N) is 3. The Kier molecular flexibility index (Phi) is 9.03. The van der Waals surface area contributed by atoms with Crippen molar-refractivity contribution in [3.05, 3.63) is 82.2 Å². The Morgan fingerprint density at radius 2 is 1.72 bits per heavy atom. The maximum absolute atomic E-state index is 11.9. The van der Waals surface area contributed by atoms with Crippen LogP contribution in [0, 0.1) is 0 Å². The van der Waals surface area contributed by atoms with Gasteiger partial charge < -0.3 is 24.3 Å². The molecule has 0 unspecified atom stereocenters. The number of azide groups is 1. The molecule has 1 aliphatic rings. The molecule has 0 radical (unpaired) electrons. The zero-order chi connectivity index (χ0) is 22.8. The number of benzene rings is 2. The quantitative estimate of drug-likeness (QED) is 0.346. The Labute approximate surface area is 187 Å². The van der Waals surface area contributed by atoms with Gasteiger partial charge in [0, 0.05) is 18.9 Å². The Morgan fingerprint density at radius 1 is 1.09 bits per heavy atom. The predicted octanol–water partition coefficient (Wildman–Crippen LogP) is 3.34. The number of carbonyl (C=O) groups is 1. The van der Waals surface area contributed by atoms with Crippen LogP contribution in [0.3, 0.4) is 0 Å². The molecule has 0 saturated carbocycles. The van der Waals surface area contributed by atoms with Gasteiger partial charge in [0.1, 0.15) is 6.04 Å². The highest BCUT2D eigenvalue weighted by Gasteiger charge is 2.47. The van der Waals surface area contributed by atoms with Crippen molar-refractivity contribution >= 4 is 5.91 Å². The van der Waals surface area contributed by atoms with Crippen LogP contribution in [-0.4, -0.2) is 50.2 Å². The Hall–Kier alpha value is -2.94. The van der Waals surface area contributed by atoms with E-state index in [1.165, 1.54) is 14.0 Å². The van der Waals surface area contributed by atoms with E-state index < -0.39 is 30.6 Å². The first-order valence-electron chi connectivity index (χ1n) is 10.4. The first kappa shape index (κ1) is 23.7. The molecule has 1 fully saturated rings. The lowest BCUT2D eigenvalue weighted by atomic mass is 9.94. The van der Waals surface area contributed by atoms with Crippen molar-refractivity contribution in [3.8, 4) is 0 Å². The molecule has 0 spiro atoms. The Morgan fingerprint density at radius 3 is 2.28 bits per heavy atom. The number of hydrogen-bond acceptors (Lipinski definition) is 6. The van der Waals surface area contributed by atoms with Crippen molar-refractivity contribution in [3.63, 3.8) is 0 Å². The van der Waals surface area contributed by atoms with Crippen LogP contribution in [0.1, 0.15) is 18.1 Å². The van der Waals surface area contributed by atoms with Crippen LogP contribution >= 0.6 is 0 Å². The third kappa shape index (κ3) is 6.53. The van der Waals surface area contributed by atoms with Crippen LogP contribution in [0.25, 0.3) is 10.4 Å². The van der Waals surface area contributed by atoms with Gasteiger partial charge in [0.2, 0.25) is 5.91 Å². The number of amides is 1. The van der Waals surface area contributed by atoms with E-state index in [1.807, 2.05) is 60.7 Å². The summed E-state index contributed by atoms with van der Waals surface area (Å²) < 4.78 is 23.6. The molecule has 1 aliphatic heterocycles. The molecule has 170 valence electrons. The summed E-state index contributed by atoms with van der Waals surface area (Å²) in [5, 5.41) is 6.78. The molecule has 0 bridgehead atoms. The third-order valence-corrected chi connectivity index (χ3v) is 5.14. The molecule has 1 saturated heterocycles. The summed E-state index contributed by atoms with van der Waals surface area (Å²) in [5.74, 6) is -0.271. The molecule has 32 heavy (non-hydrogen) atoms. The molecule has 5 atom stereocenters. The topological polar surface area (TPSA) is 115 Å². The second-order valence-corrected chi connectivity index (χ2v) is 7.46. The number of nitrogens with one attached hydrogen (secondary N) is 1. The van der Waals surface area contributed by atoms with Gasteiger partial charge in [-0.05, 0) is 16.7 Å². The first-order valence-corrected chi connectivity index (χ1v) is 10.4. The van der Waals surface area contributed by atoms with E-state index in [9.17, 15) is 10.3 Å². The molecule has 0 aliphatic carbocycles. The fourth-order valence-electron chi connectivity index (χ4n) is 3.68. The molecule has 3 rings (SSSR count). The van der Waals surface area contributed by atoms with Crippen LogP contribution in [0.15, 0.2) is 65.8 Å².